The largest absolute Gasteiger partial charge is 0.480 e. The van der Waals surface area contributed by atoms with Gasteiger partial charge in [0.15, 0.2) is 6.04 Å². The second-order valence-electron chi connectivity index (χ2n) is 3.86. The molecule has 1 atom stereocenters. The minimum Gasteiger partial charge on any atom is -0.480 e. The van der Waals surface area contributed by atoms with E-state index >= 15 is 0 Å². The lowest BCUT2D eigenvalue weighted by Gasteiger charge is -2.13. The molecule has 1 heterocycles. The molecule has 106 valence electrons. The van der Waals surface area contributed by atoms with Crippen molar-refractivity contribution in [2.24, 2.45) is 0 Å². The van der Waals surface area contributed by atoms with E-state index in [1.54, 1.807) is 11.4 Å². The van der Waals surface area contributed by atoms with Crippen LogP contribution in [0.5, 0.6) is 0 Å². The molecule has 2 rings (SSSR count). The summed E-state index contributed by atoms with van der Waals surface area (Å²) < 4.78 is 39.0. The number of hydrogen-bond acceptors (Lipinski definition) is 4. The Kier molecular flexibility index (Phi) is 4.17. The summed E-state index contributed by atoms with van der Waals surface area (Å²) in [4.78, 5) is 11.4. The van der Waals surface area contributed by atoms with Crippen molar-refractivity contribution in [3.63, 3.8) is 0 Å². The first-order valence-electron chi connectivity index (χ1n) is 5.44. The Bertz CT molecular complexity index is 696. The number of rotatable bonds is 5. The predicted octanol–water partition coefficient (Wildman–Crippen LogP) is 1.99. The van der Waals surface area contributed by atoms with Crippen molar-refractivity contribution in [3.8, 4) is 0 Å². The van der Waals surface area contributed by atoms with Gasteiger partial charge in [0, 0.05) is 4.88 Å². The maximum atomic E-state index is 12.8. The molecule has 0 aliphatic rings. The van der Waals surface area contributed by atoms with Crippen LogP contribution in [-0.4, -0.2) is 19.5 Å². The molecule has 0 aliphatic heterocycles. The van der Waals surface area contributed by atoms with E-state index in [0.717, 1.165) is 35.6 Å². The number of sulfonamides is 1. The third kappa shape index (κ3) is 3.21. The van der Waals surface area contributed by atoms with Crippen LogP contribution in [0.3, 0.4) is 0 Å². The van der Waals surface area contributed by atoms with Gasteiger partial charge in [-0.05, 0) is 35.7 Å². The Balaban J connectivity index is 2.30. The highest BCUT2D eigenvalue weighted by molar-refractivity contribution is 7.89. The molecule has 0 radical (unpaired) electrons. The first-order valence-corrected chi connectivity index (χ1v) is 7.80. The number of aliphatic carboxylic acids is 1. The number of carboxylic acids is 1. The summed E-state index contributed by atoms with van der Waals surface area (Å²) in [6, 6.07) is 5.92. The molecule has 2 N–H and O–H groups in total. The van der Waals surface area contributed by atoms with Gasteiger partial charge in [-0.1, -0.05) is 6.07 Å². The normalized spacial score (nSPS) is 13.1. The van der Waals surface area contributed by atoms with Gasteiger partial charge in [-0.2, -0.15) is 4.72 Å². The smallest absolute Gasteiger partial charge is 0.327 e. The average Bonchev–Trinajstić information content (AvgIpc) is 2.90. The number of thiophene rings is 1. The molecule has 1 unspecified atom stereocenters. The molecule has 0 amide bonds. The highest BCUT2D eigenvalue weighted by Crippen LogP contribution is 2.22. The number of carbonyl (C=O) groups is 1. The number of halogens is 1. The monoisotopic (exact) mass is 315 g/mol. The van der Waals surface area contributed by atoms with Gasteiger partial charge in [0.25, 0.3) is 0 Å². The highest BCUT2D eigenvalue weighted by Gasteiger charge is 2.27. The average molecular weight is 315 g/mol. The molecule has 0 saturated carbocycles. The summed E-state index contributed by atoms with van der Waals surface area (Å²) in [5.74, 6) is -1.88. The molecule has 0 fully saturated rings. The van der Waals surface area contributed by atoms with Gasteiger partial charge < -0.3 is 5.11 Å². The fourth-order valence-electron chi connectivity index (χ4n) is 1.52. The zero-order chi connectivity index (χ0) is 14.8. The molecule has 8 heteroatoms. The van der Waals surface area contributed by atoms with Gasteiger partial charge in [-0.3, -0.25) is 4.79 Å². The fraction of sp³-hybridized carbons (Fsp3) is 0.0833. The Morgan fingerprint density at radius 2 is 1.90 bits per heavy atom. The van der Waals surface area contributed by atoms with Crippen LogP contribution in [0.1, 0.15) is 10.9 Å². The second-order valence-corrected chi connectivity index (χ2v) is 6.56. The van der Waals surface area contributed by atoms with Crippen LogP contribution in [0.15, 0.2) is 46.7 Å². The van der Waals surface area contributed by atoms with E-state index in [-0.39, 0.29) is 4.90 Å². The number of hydrogen-bond donors (Lipinski definition) is 2. The molecule has 20 heavy (non-hydrogen) atoms. The Morgan fingerprint density at radius 3 is 2.40 bits per heavy atom. The van der Waals surface area contributed by atoms with E-state index in [4.69, 9.17) is 5.11 Å². The first-order chi connectivity index (χ1) is 9.40. The van der Waals surface area contributed by atoms with Gasteiger partial charge in [-0.25, -0.2) is 12.8 Å². The van der Waals surface area contributed by atoms with Crippen molar-refractivity contribution in [2.45, 2.75) is 10.9 Å². The summed E-state index contributed by atoms with van der Waals surface area (Å²) in [6.07, 6.45) is 0. The highest BCUT2D eigenvalue weighted by atomic mass is 32.2. The summed E-state index contributed by atoms with van der Waals surface area (Å²) >= 11 is 1.13. The molecule has 0 bridgehead atoms. The van der Waals surface area contributed by atoms with E-state index in [1.165, 1.54) is 6.07 Å². The van der Waals surface area contributed by atoms with Crippen molar-refractivity contribution in [1.82, 2.24) is 4.72 Å². The van der Waals surface area contributed by atoms with Gasteiger partial charge >= 0.3 is 5.97 Å². The summed E-state index contributed by atoms with van der Waals surface area (Å²) in [5, 5.41) is 10.8. The van der Waals surface area contributed by atoms with E-state index in [2.05, 4.69) is 4.72 Å². The molecule has 0 saturated heterocycles. The van der Waals surface area contributed by atoms with Gasteiger partial charge in [0.05, 0.1) is 4.90 Å². The fourth-order valence-corrected chi connectivity index (χ4v) is 3.53. The van der Waals surface area contributed by atoms with E-state index in [9.17, 15) is 17.6 Å². The zero-order valence-corrected chi connectivity index (χ0v) is 11.6. The lowest BCUT2D eigenvalue weighted by atomic mass is 10.3. The predicted molar refractivity (Wildman–Crippen MR) is 71.4 cm³/mol. The minimum atomic E-state index is -4.04. The van der Waals surface area contributed by atoms with Crippen LogP contribution in [0, 0.1) is 5.82 Å². The maximum absolute atomic E-state index is 12.8. The van der Waals surface area contributed by atoms with Crippen LogP contribution in [0.4, 0.5) is 4.39 Å². The summed E-state index contributed by atoms with van der Waals surface area (Å²) in [5.41, 5.74) is 0. The molecular formula is C12H10FNO4S2. The molecular weight excluding hydrogens is 305 g/mol. The van der Waals surface area contributed by atoms with Gasteiger partial charge in [0.2, 0.25) is 10.0 Å². The van der Waals surface area contributed by atoms with Crippen molar-refractivity contribution in [1.29, 1.82) is 0 Å². The lowest BCUT2D eigenvalue weighted by Crippen LogP contribution is -2.33. The topological polar surface area (TPSA) is 83.5 Å². The van der Waals surface area contributed by atoms with E-state index in [0.29, 0.717) is 4.88 Å². The van der Waals surface area contributed by atoms with Crippen LogP contribution < -0.4 is 4.72 Å². The maximum Gasteiger partial charge on any atom is 0.327 e. The van der Waals surface area contributed by atoms with E-state index in [1.807, 2.05) is 0 Å². The van der Waals surface area contributed by atoms with Crippen LogP contribution >= 0.6 is 11.3 Å². The van der Waals surface area contributed by atoms with Crippen molar-refractivity contribution >= 4 is 27.3 Å². The van der Waals surface area contributed by atoms with Crippen LogP contribution in [-0.2, 0) is 14.8 Å². The number of benzene rings is 1. The zero-order valence-electron chi connectivity index (χ0n) is 9.99. The SMILES string of the molecule is O=C(O)C(NS(=O)(=O)c1ccc(F)cc1)c1cccs1. The first kappa shape index (κ1) is 14.6. The van der Waals surface area contributed by atoms with Gasteiger partial charge in [0.1, 0.15) is 5.82 Å². The summed E-state index contributed by atoms with van der Waals surface area (Å²) in [6.45, 7) is 0. The van der Waals surface area contributed by atoms with E-state index < -0.39 is 27.9 Å². The molecule has 2 aromatic rings. The second kappa shape index (κ2) is 5.70. The number of nitrogens with one attached hydrogen (secondary N) is 1. The molecule has 5 nitrogen and oxygen atoms in total. The molecule has 1 aromatic heterocycles. The van der Waals surface area contributed by atoms with Crippen molar-refractivity contribution in [3.05, 3.63) is 52.5 Å². The minimum absolute atomic E-state index is 0.193. The molecule has 0 spiro atoms. The molecule has 0 aliphatic carbocycles. The standard InChI is InChI=1S/C12H10FNO4S2/c13-8-3-5-9(6-4-8)20(17,18)14-11(12(15)16)10-2-1-7-19-10/h1-7,11,14H,(H,15,16). The third-order valence-electron chi connectivity index (χ3n) is 2.47. The Labute approximate surface area is 118 Å². The van der Waals surface area contributed by atoms with Gasteiger partial charge in [-0.15, -0.1) is 11.3 Å². The van der Waals surface area contributed by atoms with Crippen LogP contribution in [0.2, 0.25) is 0 Å². The summed E-state index contributed by atoms with van der Waals surface area (Å²) in [7, 11) is -4.04. The third-order valence-corrected chi connectivity index (χ3v) is 4.85. The van der Waals surface area contributed by atoms with Crippen molar-refractivity contribution < 1.29 is 22.7 Å². The number of carboxylic acid groups (broad SMARTS) is 1. The molecule has 1 aromatic carbocycles. The van der Waals surface area contributed by atoms with Crippen molar-refractivity contribution in [2.75, 3.05) is 0 Å². The Hall–Kier alpha value is -1.77. The quantitative estimate of drug-likeness (QED) is 0.884. The Morgan fingerprint density at radius 1 is 1.25 bits per heavy atom. The van der Waals surface area contributed by atoms with Crippen LogP contribution in [0.25, 0.3) is 0 Å². The lowest BCUT2D eigenvalue weighted by molar-refractivity contribution is -0.139.